The van der Waals surface area contributed by atoms with Crippen molar-refractivity contribution in [3.63, 3.8) is 0 Å². The van der Waals surface area contributed by atoms with Gasteiger partial charge >= 0.3 is 5.97 Å². The Morgan fingerprint density at radius 1 is 1.47 bits per heavy atom. The van der Waals surface area contributed by atoms with E-state index in [1.165, 1.54) is 12.1 Å². The normalized spacial score (nSPS) is 10.6. The zero-order valence-electron chi connectivity index (χ0n) is 10.4. The van der Waals surface area contributed by atoms with Crippen molar-refractivity contribution in [1.82, 2.24) is 0 Å². The van der Waals surface area contributed by atoms with Gasteiger partial charge in [-0.1, -0.05) is 13.8 Å². The quantitative estimate of drug-likeness (QED) is 0.649. The summed E-state index contributed by atoms with van der Waals surface area (Å²) in [4.78, 5) is 11.6. The molecule has 0 aromatic heterocycles. The number of hydrogen-bond acceptors (Lipinski definition) is 3. The predicted octanol–water partition coefficient (Wildman–Crippen LogP) is 2.92. The number of nitrogen functional groups attached to an aromatic ring is 1. The van der Waals surface area contributed by atoms with Crippen molar-refractivity contribution >= 4 is 11.7 Å². The van der Waals surface area contributed by atoms with Gasteiger partial charge in [-0.15, -0.1) is 0 Å². The molecule has 0 aliphatic heterocycles. The molecule has 0 saturated heterocycles. The summed E-state index contributed by atoms with van der Waals surface area (Å²) in [5.41, 5.74) is 6.19. The van der Waals surface area contributed by atoms with Crippen LogP contribution in [0, 0.1) is 18.7 Å². The van der Waals surface area contributed by atoms with Crippen molar-refractivity contribution < 1.29 is 13.9 Å². The molecule has 0 bridgehead atoms. The lowest BCUT2D eigenvalue weighted by molar-refractivity contribution is 0.0482. The van der Waals surface area contributed by atoms with Crippen LogP contribution in [0.25, 0.3) is 0 Å². The summed E-state index contributed by atoms with van der Waals surface area (Å²) in [7, 11) is 0. The lowest BCUT2D eigenvalue weighted by Gasteiger charge is -2.09. The minimum atomic E-state index is -0.654. The van der Waals surface area contributed by atoms with Crippen molar-refractivity contribution in [2.24, 2.45) is 5.92 Å². The molecule has 0 aliphatic carbocycles. The topological polar surface area (TPSA) is 52.3 Å². The number of rotatable bonds is 4. The second kappa shape index (κ2) is 5.66. The molecule has 4 heteroatoms. The summed E-state index contributed by atoms with van der Waals surface area (Å²) >= 11 is 0. The smallest absolute Gasteiger partial charge is 0.341 e. The predicted molar refractivity (Wildman–Crippen MR) is 65.3 cm³/mol. The third-order valence-corrected chi connectivity index (χ3v) is 2.43. The van der Waals surface area contributed by atoms with Crippen LogP contribution in [0.4, 0.5) is 10.1 Å². The van der Waals surface area contributed by atoms with Gasteiger partial charge in [-0.2, -0.15) is 0 Å². The second-order valence-electron chi connectivity index (χ2n) is 4.52. The van der Waals surface area contributed by atoms with Gasteiger partial charge in [0.2, 0.25) is 0 Å². The molecular formula is C13H18FNO2. The summed E-state index contributed by atoms with van der Waals surface area (Å²) in [5, 5.41) is 0. The maximum atomic E-state index is 13.7. The van der Waals surface area contributed by atoms with Crippen LogP contribution in [0.5, 0.6) is 0 Å². The SMILES string of the molecule is Cc1cc(N)cc(C(=O)OCCC(C)C)c1F. The molecule has 3 nitrogen and oxygen atoms in total. The fourth-order valence-corrected chi connectivity index (χ4v) is 1.41. The van der Waals surface area contributed by atoms with E-state index in [0.717, 1.165) is 6.42 Å². The number of carbonyl (C=O) groups is 1. The Labute approximate surface area is 101 Å². The first kappa shape index (κ1) is 13.5. The first-order valence-corrected chi connectivity index (χ1v) is 5.64. The molecule has 2 N–H and O–H groups in total. The third-order valence-electron chi connectivity index (χ3n) is 2.43. The van der Waals surface area contributed by atoms with Crippen molar-refractivity contribution in [2.45, 2.75) is 27.2 Å². The maximum Gasteiger partial charge on any atom is 0.341 e. The standard InChI is InChI=1S/C13H18FNO2/c1-8(2)4-5-17-13(16)11-7-10(15)6-9(3)12(11)14/h6-8H,4-5,15H2,1-3H3. The molecular weight excluding hydrogens is 221 g/mol. The second-order valence-corrected chi connectivity index (χ2v) is 4.52. The van der Waals surface area contributed by atoms with Crippen LogP contribution in [0.2, 0.25) is 0 Å². The maximum absolute atomic E-state index is 13.7. The Kier molecular flexibility index (Phi) is 4.49. The average Bonchev–Trinajstić information content (AvgIpc) is 2.22. The van der Waals surface area contributed by atoms with E-state index in [1.54, 1.807) is 6.92 Å². The van der Waals surface area contributed by atoms with E-state index in [0.29, 0.717) is 23.8 Å². The van der Waals surface area contributed by atoms with Gasteiger partial charge in [0.05, 0.1) is 12.2 Å². The number of anilines is 1. The molecule has 1 aromatic carbocycles. The highest BCUT2D eigenvalue weighted by Gasteiger charge is 2.16. The molecule has 0 atom stereocenters. The molecule has 17 heavy (non-hydrogen) atoms. The van der Waals surface area contributed by atoms with Crippen LogP contribution in [-0.4, -0.2) is 12.6 Å². The molecule has 0 aliphatic rings. The van der Waals surface area contributed by atoms with E-state index in [-0.39, 0.29) is 5.56 Å². The van der Waals surface area contributed by atoms with E-state index in [9.17, 15) is 9.18 Å². The van der Waals surface area contributed by atoms with Crippen molar-refractivity contribution in [1.29, 1.82) is 0 Å². The molecule has 1 aromatic rings. The van der Waals surface area contributed by atoms with E-state index >= 15 is 0 Å². The molecule has 94 valence electrons. The number of carbonyl (C=O) groups excluding carboxylic acids is 1. The summed E-state index contributed by atoms with van der Waals surface area (Å²) in [5.74, 6) is -0.775. The zero-order valence-corrected chi connectivity index (χ0v) is 10.4. The Hall–Kier alpha value is -1.58. The highest BCUT2D eigenvalue weighted by Crippen LogP contribution is 2.18. The van der Waals surface area contributed by atoms with Gasteiger partial charge in [0.25, 0.3) is 0 Å². The molecule has 0 radical (unpaired) electrons. The minimum Gasteiger partial charge on any atom is -0.462 e. The highest BCUT2D eigenvalue weighted by atomic mass is 19.1. The summed E-state index contributed by atoms with van der Waals surface area (Å²) in [6.45, 7) is 5.92. The van der Waals surface area contributed by atoms with Crippen molar-refractivity contribution in [3.8, 4) is 0 Å². The van der Waals surface area contributed by atoms with Gasteiger partial charge in [-0.25, -0.2) is 9.18 Å². The van der Waals surface area contributed by atoms with E-state index in [2.05, 4.69) is 0 Å². The zero-order chi connectivity index (χ0) is 13.0. The van der Waals surface area contributed by atoms with Crippen LogP contribution >= 0.6 is 0 Å². The molecule has 0 amide bonds. The van der Waals surface area contributed by atoms with Crippen LogP contribution in [0.15, 0.2) is 12.1 Å². The van der Waals surface area contributed by atoms with Gasteiger partial charge in [0.15, 0.2) is 0 Å². The fourth-order valence-electron chi connectivity index (χ4n) is 1.41. The van der Waals surface area contributed by atoms with Gasteiger partial charge in [-0.3, -0.25) is 0 Å². The number of halogens is 1. The first-order valence-electron chi connectivity index (χ1n) is 5.64. The van der Waals surface area contributed by atoms with Crippen molar-refractivity contribution in [2.75, 3.05) is 12.3 Å². The Balaban J connectivity index is 2.75. The minimum absolute atomic E-state index is 0.0914. The summed E-state index contributed by atoms with van der Waals surface area (Å²) in [6, 6.07) is 2.79. The number of esters is 1. The van der Waals surface area contributed by atoms with Gasteiger partial charge in [0.1, 0.15) is 5.82 Å². The molecule has 0 unspecified atom stereocenters. The molecule has 0 spiro atoms. The third kappa shape index (κ3) is 3.73. The molecule has 0 saturated carbocycles. The highest BCUT2D eigenvalue weighted by molar-refractivity contribution is 5.91. The molecule has 0 heterocycles. The summed E-state index contributed by atoms with van der Waals surface area (Å²) < 4.78 is 18.7. The Morgan fingerprint density at radius 3 is 2.71 bits per heavy atom. The Morgan fingerprint density at radius 2 is 2.12 bits per heavy atom. The van der Waals surface area contributed by atoms with Gasteiger partial charge in [-0.05, 0) is 37.0 Å². The van der Waals surface area contributed by atoms with Gasteiger partial charge < -0.3 is 10.5 Å². The molecule has 1 rings (SSSR count). The number of aryl methyl sites for hydroxylation is 1. The van der Waals surface area contributed by atoms with E-state index in [1.807, 2.05) is 13.8 Å². The lowest BCUT2D eigenvalue weighted by Crippen LogP contribution is -2.11. The fraction of sp³-hybridized carbons (Fsp3) is 0.462. The number of hydrogen-bond donors (Lipinski definition) is 1. The summed E-state index contributed by atoms with van der Waals surface area (Å²) in [6.07, 6.45) is 0.759. The number of nitrogens with two attached hydrogens (primary N) is 1. The average molecular weight is 239 g/mol. The number of benzene rings is 1. The van der Waals surface area contributed by atoms with E-state index < -0.39 is 11.8 Å². The molecule has 0 fully saturated rings. The first-order chi connectivity index (χ1) is 7.91. The lowest BCUT2D eigenvalue weighted by atomic mass is 10.1. The van der Waals surface area contributed by atoms with Crippen LogP contribution in [0.1, 0.15) is 36.2 Å². The monoisotopic (exact) mass is 239 g/mol. The van der Waals surface area contributed by atoms with Crippen LogP contribution in [0.3, 0.4) is 0 Å². The Bertz CT molecular complexity index is 416. The van der Waals surface area contributed by atoms with Crippen LogP contribution < -0.4 is 5.73 Å². The largest absolute Gasteiger partial charge is 0.462 e. The van der Waals surface area contributed by atoms with Crippen LogP contribution in [-0.2, 0) is 4.74 Å². The van der Waals surface area contributed by atoms with Gasteiger partial charge in [0, 0.05) is 5.69 Å². The van der Waals surface area contributed by atoms with E-state index in [4.69, 9.17) is 10.5 Å². The number of ether oxygens (including phenoxy) is 1. The van der Waals surface area contributed by atoms with Crippen molar-refractivity contribution in [3.05, 3.63) is 29.1 Å².